The normalized spacial score (nSPS) is 10.8. The molecule has 0 aliphatic carbocycles. The van der Waals surface area contributed by atoms with Crippen molar-refractivity contribution in [2.75, 3.05) is 12.4 Å². The summed E-state index contributed by atoms with van der Waals surface area (Å²) >= 11 is 0. The molecule has 0 unspecified atom stereocenters. The van der Waals surface area contributed by atoms with E-state index < -0.39 is 0 Å². The van der Waals surface area contributed by atoms with E-state index in [4.69, 9.17) is 13.6 Å². The fourth-order valence-electron chi connectivity index (χ4n) is 2.78. The van der Waals surface area contributed by atoms with E-state index in [1.54, 1.807) is 37.4 Å². The second-order valence-corrected chi connectivity index (χ2v) is 5.67. The molecule has 0 radical (unpaired) electrons. The van der Waals surface area contributed by atoms with Crippen LogP contribution >= 0.6 is 0 Å². The van der Waals surface area contributed by atoms with Gasteiger partial charge in [0.25, 0.3) is 5.91 Å². The van der Waals surface area contributed by atoms with Crippen molar-refractivity contribution >= 4 is 22.6 Å². The first-order valence-electron chi connectivity index (χ1n) is 7.91. The van der Waals surface area contributed by atoms with Crippen LogP contribution in [0.2, 0.25) is 0 Å². The van der Waals surface area contributed by atoms with Crippen molar-refractivity contribution < 1.29 is 18.4 Å². The van der Waals surface area contributed by atoms with Gasteiger partial charge in [-0.2, -0.15) is 0 Å². The van der Waals surface area contributed by atoms with Gasteiger partial charge in [0.1, 0.15) is 0 Å². The maximum atomic E-state index is 12.6. The number of hydrogen-bond donors (Lipinski definition) is 1. The van der Waals surface area contributed by atoms with E-state index in [-0.39, 0.29) is 11.7 Å². The van der Waals surface area contributed by atoms with Crippen molar-refractivity contribution in [3.63, 3.8) is 0 Å². The first-order valence-corrected chi connectivity index (χ1v) is 7.91. The van der Waals surface area contributed by atoms with Gasteiger partial charge in [0, 0.05) is 22.2 Å². The molecule has 0 aliphatic heterocycles. The molecule has 1 amide bonds. The van der Waals surface area contributed by atoms with Gasteiger partial charge in [-0.05, 0) is 37.3 Å². The van der Waals surface area contributed by atoms with E-state index in [2.05, 4.69) is 15.5 Å². The van der Waals surface area contributed by atoms with E-state index in [0.29, 0.717) is 22.9 Å². The number of aromatic nitrogens is 2. The number of fused-ring (bicyclic) bond motifs is 1. The van der Waals surface area contributed by atoms with Gasteiger partial charge in [0.2, 0.25) is 12.3 Å². The third-order valence-corrected chi connectivity index (χ3v) is 4.10. The van der Waals surface area contributed by atoms with Crippen molar-refractivity contribution in [3.05, 3.63) is 60.2 Å². The van der Waals surface area contributed by atoms with Crippen molar-refractivity contribution in [2.45, 2.75) is 6.92 Å². The molecule has 1 N–H and O–H groups in total. The van der Waals surface area contributed by atoms with Gasteiger partial charge in [0.15, 0.2) is 17.1 Å². The molecule has 0 fully saturated rings. The molecule has 0 saturated carbocycles. The average Bonchev–Trinajstić information content (AvgIpc) is 3.31. The summed E-state index contributed by atoms with van der Waals surface area (Å²) in [4.78, 5) is 12.6. The number of nitrogens with zero attached hydrogens (tertiary/aromatic N) is 2. The highest BCUT2D eigenvalue weighted by molar-refractivity contribution is 6.07. The number of furan rings is 1. The van der Waals surface area contributed by atoms with E-state index in [1.165, 1.54) is 6.39 Å². The maximum Gasteiger partial charge on any atom is 0.291 e. The number of aryl methyl sites for hydroxylation is 1. The summed E-state index contributed by atoms with van der Waals surface area (Å²) in [6, 6.07) is 12.7. The van der Waals surface area contributed by atoms with Gasteiger partial charge in [0.05, 0.1) is 7.11 Å². The fraction of sp³-hybridized carbons (Fsp3) is 0.105. The summed E-state index contributed by atoms with van der Waals surface area (Å²) < 4.78 is 16.2. The van der Waals surface area contributed by atoms with Crippen LogP contribution in [0.1, 0.15) is 16.1 Å². The van der Waals surface area contributed by atoms with Crippen LogP contribution in [0.3, 0.4) is 0 Å². The van der Waals surface area contributed by atoms with Gasteiger partial charge in [-0.15, -0.1) is 10.2 Å². The minimum Gasteiger partial charge on any atom is -0.493 e. The van der Waals surface area contributed by atoms with Gasteiger partial charge in [-0.25, -0.2) is 0 Å². The molecule has 26 heavy (non-hydrogen) atoms. The Morgan fingerprint density at radius 3 is 2.65 bits per heavy atom. The average molecular weight is 349 g/mol. The highest BCUT2D eigenvalue weighted by Crippen LogP contribution is 2.32. The smallest absolute Gasteiger partial charge is 0.291 e. The predicted molar refractivity (Wildman–Crippen MR) is 95.2 cm³/mol. The van der Waals surface area contributed by atoms with Gasteiger partial charge >= 0.3 is 0 Å². The lowest BCUT2D eigenvalue weighted by molar-refractivity contribution is 0.0998. The molecule has 0 aliphatic rings. The lowest BCUT2D eigenvalue weighted by atomic mass is 10.1. The number of methoxy groups -OCH3 is 1. The molecule has 4 rings (SSSR count). The Kier molecular flexibility index (Phi) is 3.89. The lowest BCUT2D eigenvalue weighted by Gasteiger charge is -2.04. The number of carbonyl (C=O) groups is 1. The third-order valence-electron chi connectivity index (χ3n) is 4.10. The Bertz CT molecular complexity index is 1070. The zero-order chi connectivity index (χ0) is 18.1. The third kappa shape index (κ3) is 2.69. The molecular formula is C19H15N3O4. The summed E-state index contributed by atoms with van der Waals surface area (Å²) in [6.45, 7) is 1.85. The van der Waals surface area contributed by atoms with Crippen molar-refractivity contribution in [1.29, 1.82) is 0 Å². The van der Waals surface area contributed by atoms with Crippen LogP contribution in [0.4, 0.5) is 5.69 Å². The number of benzene rings is 2. The Labute approximate surface area is 148 Å². The molecule has 0 spiro atoms. The Hall–Kier alpha value is -3.61. The highest BCUT2D eigenvalue weighted by atomic mass is 16.5. The molecule has 2 heterocycles. The van der Waals surface area contributed by atoms with Gasteiger partial charge in [-0.1, -0.05) is 12.1 Å². The summed E-state index contributed by atoms with van der Waals surface area (Å²) in [5.41, 5.74) is 2.72. The largest absolute Gasteiger partial charge is 0.493 e. The predicted octanol–water partition coefficient (Wildman–Crippen LogP) is 4.05. The monoisotopic (exact) mass is 349 g/mol. The van der Waals surface area contributed by atoms with E-state index >= 15 is 0 Å². The maximum absolute atomic E-state index is 12.6. The number of para-hydroxylation sites is 1. The summed E-state index contributed by atoms with van der Waals surface area (Å²) in [7, 11) is 1.57. The van der Waals surface area contributed by atoms with Crippen LogP contribution in [-0.4, -0.2) is 23.2 Å². The quantitative estimate of drug-likeness (QED) is 0.598. The Morgan fingerprint density at radius 1 is 1.15 bits per heavy atom. The number of hydrogen-bond acceptors (Lipinski definition) is 6. The molecule has 2 aromatic carbocycles. The zero-order valence-corrected chi connectivity index (χ0v) is 14.1. The molecule has 0 atom stereocenters. The van der Waals surface area contributed by atoms with Crippen molar-refractivity contribution in [2.24, 2.45) is 0 Å². The van der Waals surface area contributed by atoms with Crippen LogP contribution in [0, 0.1) is 6.92 Å². The van der Waals surface area contributed by atoms with Gasteiger partial charge < -0.3 is 18.9 Å². The Morgan fingerprint density at radius 2 is 1.96 bits per heavy atom. The molecule has 0 saturated heterocycles. The number of amides is 1. The lowest BCUT2D eigenvalue weighted by Crippen LogP contribution is -2.12. The minimum atomic E-state index is -0.328. The molecule has 4 aromatic rings. The van der Waals surface area contributed by atoms with E-state index in [0.717, 1.165) is 16.5 Å². The van der Waals surface area contributed by atoms with Crippen LogP contribution in [0.5, 0.6) is 5.75 Å². The second kappa shape index (κ2) is 6.36. The summed E-state index contributed by atoms with van der Waals surface area (Å²) in [6.07, 6.45) is 1.27. The van der Waals surface area contributed by atoms with Crippen molar-refractivity contribution in [3.8, 4) is 17.2 Å². The fourth-order valence-corrected chi connectivity index (χ4v) is 2.78. The standard InChI is InChI=1S/C19H15N3O4/c1-11-14-4-3-5-15(24-2)17(14)26-16(11)18(23)21-13-8-6-12(7-9-13)19-22-20-10-25-19/h3-10H,1-2H3,(H,21,23). The highest BCUT2D eigenvalue weighted by Gasteiger charge is 2.20. The second-order valence-electron chi connectivity index (χ2n) is 5.67. The first kappa shape index (κ1) is 15.9. The van der Waals surface area contributed by atoms with Crippen LogP contribution < -0.4 is 10.1 Å². The number of anilines is 1. The molecule has 7 heteroatoms. The molecule has 130 valence electrons. The molecule has 2 aromatic heterocycles. The van der Waals surface area contributed by atoms with Crippen LogP contribution in [0.15, 0.2) is 57.7 Å². The molecular weight excluding hydrogens is 334 g/mol. The number of nitrogens with one attached hydrogen (secondary N) is 1. The summed E-state index contributed by atoms with van der Waals surface area (Å²) in [5, 5.41) is 11.2. The van der Waals surface area contributed by atoms with Crippen molar-refractivity contribution in [1.82, 2.24) is 10.2 Å². The summed E-state index contributed by atoms with van der Waals surface area (Å²) in [5.74, 6) is 0.938. The molecule has 7 nitrogen and oxygen atoms in total. The van der Waals surface area contributed by atoms with Crippen LogP contribution in [-0.2, 0) is 0 Å². The number of carbonyl (C=O) groups excluding carboxylic acids is 1. The van der Waals surface area contributed by atoms with E-state index in [1.807, 2.05) is 19.1 Å². The minimum absolute atomic E-state index is 0.255. The number of rotatable bonds is 4. The number of ether oxygens (including phenoxy) is 1. The SMILES string of the molecule is COc1cccc2c(C)c(C(=O)Nc3ccc(-c4nnco4)cc3)oc12. The van der Waals surface area contributed by atoms with E-state index in [9.17, 15) is 4.79 Å². The molecule has 0 bridgehead atoms. The van der Waals surface area contributed by atoms with Gasteiger partial charge in [-0.3, -0.25) is 4.79 Å². The Balaban J connectivity index is 1.60. The topological polar surface area (TPSA) is 90.4 Å². The van der Waals surface area contributed by atoms with Crippen LogP contribution in [0.25, 0.3) is 22.4 Å². The zero-order valence-electron chi connectivity index (χ0n) is 14.1. The first-order chi connectivity index (χ1) is 12.7.